The van der Waals surface area contributed by atoms with Crippen molar-refractivity contribution in [3.05, 3.63) is 35.9 Å². The number of alkyl halides is 1. The summed E-state index contributed by atoms with van der Waals surface area (Å²) < 4.78 is 0. The Kier molecular flexibility index (Phi) is 4.16. The zero-order valence-corrected chi connectivity index (χ0v) is 8.14. The Labute approximate surface area is 79.6 Å². The van der Waals surface area contributed by atoms with Gasteiger partial charge in [-0.3, -0.25) is 0 Å². The van der Waals surface area contributed by atoms with Gasteiger partial charge in [0.25, 0.3) is 0 Å². The van der Waals surface area contributed by atoms with Crippen molar-refractivity contribution in [1.82, 2.24) is 0 Å². The minimum atomic E-state index is 0.602. The number of hydrogen-bond acceptors (Lipinski definition) is 0. The van der Waals surface area contributed by atoms with Gasteiger partial charge in [-0.1, -0.05) is 37.6 Å². The van der Waals surface area contributed by atoms with E-state index in [1.807, 2.05) is 18.2 Å². The molecule has 0 saturated heterocycles. The number of halogens is 1. The lowest BCUT2D eigenvalue weighted by atomic mass is 9.99. The Balaban J connectivity index is 2.51. The first kappa shape index (κ1) is 9.60. The van der Waals surface area contributed by atoms with E-state index in [1.165, 1.54) is 5.56 Å². The lowest BCUT2D eigenvalue weighted by Gasteiger charge is -2.09. The molecule has 0 aliphatic rings. The molecule has 0 aliphatic heterocycles. The summed E-state index contributed by atoms with van der Waals surface area (Å²) in [5.74, 6) is 1.35. The van der Waals surface area contributed by atoms with Gasteiger partial charge in [0.2, 0.25) is 0 Å². The van der Waals surface area contributed by atoms with Crippen LogP contribution in [0.1, 0.15) is 18.9 Å². The van der Waals surface area contributed by atoms with Crippen LogP contribution < -0.4 is 0 Å². The van der Waals surface area contributed by atoms with Crippen molar-refractivity contribution in [1.29, 1.82) is 0 Å². The highest BCUT2D eigenvalue weighted by atomic mass is 35.5. The molecule has 1 rings (SSSR count). The van der Waals surface area contributed by atoms with Gasteiger partial charge in [-0.15, -0.1) is 11.6 Å². The third-order valence-corrected chi connectivity index (χ3v) is 2.51. The van der Waals surface area contributed by atoms with E-state index < -0.39 is 0 Å². The SMILES string of the molecule is CCC(CCl)Cc1[c]cccc1. The highest BCUT2D eigenvalue weighted by molar-refractivity contribution is 6.18. The molecule has 1 aromatic rings. The second kappa shape index (κ2) is 5.21. The van der Waals surface area contributed by atoms with Crippen LogP contribution in [0.2, 0.25) is 0 Å². The van der Waals surface area contributed by atoms with Crippen LogP contribution >= 0.6 is 11.6 Å². The molecule has 1 unspecified atom stereocenters. The van der Waals surface area contributed by atoms with E-state index in [-0.39, 0.29) is 0 Å². The molecule has 1 heteroatoms. The molecule has 0 amide bonds. The van der Waals surface area contributed by atoms with Crippen molar-refractivity contribution in [2.75, 3.05) is 5.88 Å². The van der Waals surface area contributed by atoms with Crippen LogP contribution in [0.25, 0.3) is 0 Å². The maximum atomic E-state index is 5.80. The van der Waals surface area contributed by atoms with Crippen molar-refractivity contribution < 1.29 is 0 Å². The zero-order chi connectivity index (χ0) is 8.81. The summed E-state index contributed by atoms with van der Waals surface area (Å²) in [5.41, 5.74) is 1.27. The van der Waals surface area contributed by atoms with E-state index >= 15 is 0 Å². The molecular formula is C11H14Cl. The van der Waals surface area contributed by atoms with Crippen LogP contribution in [0.3, 0.4) is 0 Å². The molecular weight excluding hydrogens is 168 g/mol. The molecule has 0 N–H and O–H groups in total. The van der Waals surface area contributed by atoms with Crippen LogP contribution in [0.15, 0.2) is 24.3 Å². The fraction of sp³-hybridized carbons (Fsp3) is 0.455. The lowest BCUT2D eigenvalue weighted by molar-refractivity contribution is 0.566. The highest BCUT2D eigenvalue weighted by Crippen LogP contribution is 2.12. The van der Waals surface area contributed by atoms with Gasteiger partial charge < -0.3 is 0 Å². The Morgan fingerprint density at radius 3 is 2.83 bits per heavy atom. The third-order valence-electron chi connectivity index (χ3n) is 2.08. The molecule has 12 heavy (non-hydrogen) atoms. The minimum absolute atomic E-state index is 0.602. The average molecular weight is 182 g/mol. The molecule has 1 radical (unpaired) electrons. The van der Waals surface area contributed by atoms with Gasteiger partial charge >= 0.3 is 0 Å². The molecule has 0 nitrogen and oxygen atoms in total. The van der Waals surface area contributed by atoms with E-state index in [9.17, 15) is 0 Å². The quantitative estimate of drug-likeness (QED) is 0.626. The van der Waals surface area contributed by atoms with Gasteiger partial charge in [0.1, 0.15) is 0 Å². The normalized spacial score (nSPS) is 12.8. The Morgan fingerprint density at radius 2 is 2.33 bits per heavy atom. The van der Waals surface area contributed by atoms with E-state index in [4.69, 9.17) is 11.6 Å². The van der Waals surface area contributed by atoms with Crippen molar-refractivity contribution >= 4 is 11.6 Å². The second-order valence-electron chi connectivity index (χ2n) is 3.02. The van der Waals surface area contributed by atoms with Crippen LogP contribution in [-0.4, -0.2) is 5.88 Å². The predicted octanol–water partition coefficient (Wildman–Crippen LogP) is 3.29. The Bertz CT molecular complexity index is 202. The molecule has 0 bridgehead atoms. The fourth-order valence-electron chi connectivity index (χ4n) is 1.18. The van der Waals surface area contributed by atoms with Crippen molar-refractivity contribution in [3.63, 3.8) is 0 Å². The topological polar surface area (TPSA) is 0 Å². The molecule has 0 saturated carbocycles. The lowest BCUT2D eigenvalue weighted by Crippen LogP contribution is -2.04. The Hall–Kier alpha value is -0.490. The molecule has 0 heterocycles. The number of benzene rings is 1. The summed E-state index contributed by atoms with van der Waals surface area (Å²) in [6, 6.07) is 11.3. The van der Waals surface area contributed by atoms with Crippen LogP contribution in [-0.2, 0) is 6.42 Å². The maximum absolute atomic E-state index is 5.80. The zero-order valence-electron chi connectivity index (χ0n) is 7.39. The monoisotopic (exact) mass is 181 g/mol. The first-order valence-corrected chi connectivity index (χ1v) is 4.91. The largest absolute Gasteiger partial charge is 0.126 e. The summed E-state index contributed by atoms with van der Waals surface area (Å²) in [7, 11) is 0. The first-order chi connectivity index (χ1) is 5.86. The molecule has 1 aromatic carbocycles. The predicted molar refractivity (Wildman–Crippen MR) is 53.5 cm³/mol. The maximum Gasteiger partial charge on any atom is 0.0254 e. The number of rotatable bonds is 4. The molecule has 0 aliphatic carbocycles. The average Bonchev–Trinajstić information content (AvgIpc) is 2.16. The van der Waals surface area contributed by atoms with Gasteiger partial charge in [0, 0.05) is 5.88 Å². The molecule has 0 aromatic heterocycles. The standard InChI is InChI=1S/C11H14Cl/c1-2-10(9-12)8-11-6-4-3-5-7-11/h3-6,10H,2,8-9H2,1H3. The van der Waals surface area contributed by atoms with Crippen molar-refractivity contribution in [3.8, 4) is 0 Å². The summed E-state index contributed by atoms with van der Waals surface area (Å²) in [4.78, 5) is 0. The van der Waals surface area contributed by atoms with Gasteiger partial charge in [-0.25, -0.2) is 0 Å². The van der Waals surface area contributed by atoms with Gasteiger partial charge in [-0.2, -0.15) is 0 Å². The van der Waals surface area contributed by atoms with Gasteiger partial charge in [-0.05, 0) is 24.0 Å². The molecule has 0 spiro atoms. The first-order valence-electron chi connectivity index (χ1n) is 4.38. The van der Waals surface area contributed by atoms with Crippen LogP contribution in [0.5, 0.6) is 0 Å². The summed E-state index contributed by atoms with van der Waals surface area (Å²) in [6.45, 7) is 2.18. The number of hydrogen-bond donors (Lipinski definition) is 0. The fourth-order valence-corrected chi connectivity index (χ4v) is 1.50. The summed E-state index contributed by atoms with van der Waals surface area (Å²) in [6.07, 6.45) is 2.20. The third kappa shape index (κ3) is 2.86. The van der Waals surface area contributed by atoms with Gasteiger partial charge in [0.05, 0.1) is 0 Å². The highest BCUT2D eigenvalue weighted by Gasteiger charge is 2.04. The molecule has 65 valence electrons. The molecule has 1 atom stereocenters. The summed E-state index contributed by atoms with van der Waals surface area (Å²) in [5, 5.41) is 0. The van der Waals surface area contributed by atoms with E-state index in [1.54, 1.807) is 0 Å². The van der Waals surface area contributed by atoms with E-state index in [2.05, 4.69) is 19.1 Å². The summed E-state index contributed by atoms with van der Waals surface area (Å²) >= 11 is 5.80. The Morgan fingerprint density at radius 1 is 1.50 bits per heavy atom. The smallest absolute Gasteiger partial charge is 0.0254 e. The van der Waals surface area contributed by atoms with Gasteiger partial charge in [0.15, 0.2) is 0 Å². The van der Waals surface area contributed by atoms with Crippen molar-refractivity contribution in [2.24, 2.45) is 5.92 Å². The molecule has 0 fully saturated rings. The van der Waals surface area contributed by atoms with Crippen molar-refractivity contribution in [2.45, 2.75) is 19.8 Å². The minimum Gasteiger partial charge on any atom is -0.126 e. The van der Waals surface area contributed by atoms with E-state index in [0.29, 0.717) is 5.92 Å². The van der Waals surface area contributed by atoms with Crippen LogP contribution in [0, 0.1) is 12.0 Å². The van der Waals surface area contributed by atoms with E-state index in [0.717, 1.165) is 18.7 Å². The second-order valence-corrected chi connectivity index (χ2v) is 3.33. The van der Waals surface area contributed by atoms with Crippen LogP contribution in [0.4, 0.5) is 0 Å².